The van der Waals surface area contributed by atoms with Crippen LogP contribution in [-0.2, 0) is 18.3 Å². The molecule has 1 aliphatic rings. The number of nitrogens with one attached hydrogen (secondary N) is 1. The van der Waals surface area contributed by atoms with Crippen LogP contribution in [0, 0.1) is 5.82 Å². The number of hydrogen-bond acceptors (Lipinski definition) is 6. The number of benzene rings is 1. The predicted octanol–water partition coefficient (Wildman–Crippen LogP) is 1.39. The van der Waals surface area contributed by atoms with Gasteiger partial charge in [-0.05, 0) is 37.1 Å². The van der Waals surface area contributed by atoms with E-state index in [1.54, 1.807) is 0 Å². The average Bonchev–Trinajstić information content (AvgIpc) is 2.66. The van der Waals surface area contributed by atoms with Gasteiger partial charge in [-0.15, -0.1) is 0 Å². The van der Waals surface area contributed by atoms with Crippen molar-refractivity contribution in [3.05, 3.63) is 57.1 Å². The topological polar surface area (TPSA) is 101 Å². The van der Waals surface area contributed by atoms with E-state index in [0.29, 0.717) is 12.0 Å². The highest BCUT2D eigenvalue weighted by Crippen LogP contribution is 2.28. The number of Topliss-reactive ketones (excluding diaryl/α,β-unsaturated/α-hetero) is 1. The number of fused-ring (bicyclic) bond motifs is 1. The van der Waals surface area contributed by atoms with E-state index in [1.807, 2.05) is 0 Å². The standard InChI is InChI=1S/C19H20FN3O5/c1-11(25)12-3-4-15(14(20)9-12)21-18-17-13(10-16(26)22(18)2)5-6-23(19(17)27)28-8-7-24/h3-4,9-10,21,24H,5-8H2,1-2H3. The van der Waals surface area contributed by atoms with E-state index in [4.69, 9.17) is 9.94 Å². The fourth-order valence-electron chi connectivity index (χ4n) is 3.02. The second-order valence-corrected chi connectivity index (χ2v) is 6.38. The van der Waals surface area contributed by atoms with Crippen LogP contribution in [0.1, 0.15) is 33.2 Å². The van der Waals surface area contributed by atoms with Gasteiger partial charge in [0.1, 0.15) is 11.6 Å². The number of pyridine rings is 1. The van der Waals surface area contributed by atoms with Crippen molar-refractivity contribution in [1.82, 2.24) is 9.63 Å². The van der Waals surface area contributed by atoms with E-state index in [1.165, 1.54) is 36.7 Å². The molecule has 148 valence electrons. The molecule has 0 bridgehead atoms. The Morgan fingerprint density at radius 3 is 2.71 bits per heavy atom. The monoisotopic (exact) mass is 389 g/mol. The molecule has 2 N–H and O–H groups in total. The minimum Gasteiger partial charge on any atom is -0.394 e. The first-order chi connectivity index (χ1) is 13.3. The van der Waals surface area contributed by atoms with Gasteiger partial charge in [0.2, 0.25) is 0 Å². The van der Waals surface area contributed by atoms with Crippen molar-refractivity contribution >= 4 is 23.2 Å². The van der Waals surface area contributed by atoms with Crippen molar-refractivity contribution in [2.24, 2.45) is 7.05 Å². The maximum atomic E-state index is 14.5. The van der Waals surface area contributed by atoms with Gasteiger partial charge in [-0.25, -0.2) is 9.45 Å². The lowest BCUT2D eigenvalue weighted by Gasteiger charge is -2.29. The number of aliphatic hydroxyl groups is 1. The van der Waals surface area contributed by atoms with Crippen LogP contribution in [0.15, 0.2) is 29.1 Å². The number of amides is 1. The first kappa shape index (κ1) is 19.7. The number of carbonyl (C=O) groups excluding carboxylic acids is 2. The molecule has 0 saturated carbocycles. The third-order valence-electron chi connectivity index (χ3n) is 4.51. The first-order valence-corrected chi connectivity index (χ1v) is 8.69. The highest BCUT2D eigenvalue weighted by Gasteiger charge is 2.30. The van der Waals surface area contributed by atoms with Gasteiger partial charge >= 0.3 is 0 Å². The second-order valence-electron chi connectivity index (χ2n) is 6.38. The molecule has 8 nitrogen and oxygen atoms in total. The Bertz CT molecular complexity index is 1000. The molecule has 0 aliphatic carbocycles. The Balaban J connectivity index is 2.05. The van der Waals surface area contributed by atoms with E-state index >= 15 is 0 Å². The summed E-state index contributed by atoms with van der Waals surface area (Å²) in [6.07, 6.45) is 0.378. The van der Waals surface area contributed by atoms with Crippen LogP contribution in [0.5, 0.6) is 0 Å². The van der Waals surface area contributed by atoms with Gasteiger partial charge in [-0.1, -0.05) is 0 Å². The van der Waals surface area contributed by atoms with Crippen LogP contribution in [0.4, 0.5) is 15.9 Å². The quantitative estimate of drug-likeness (QED) is 0.725. The van der Waals surface area contributed by atoms with Crippen molar-refractivity contribution in [1.29, 1.82) is 0 Å². The van der Waals surface area contributed by atoms with Crippen LogP contribution in [0.25, 0.3) is 0 Å². The number of hydroxylamine groups is 2. The lowest BCUT2D eigenvalue weighted by atomic mass is 10.0. The fourth-order valence-corrected chi connectivity index (χ4v) is 3.02. The van der Waals surface area contributed by atoms with Crippen molar-refractivity contribution in [3.8, 4) is 0 Å². The fraction of sp³-hybridized carbons (Fsp3) is 0.316. The predicted molar refractivity (Wildman–Crippen MR) is 99.1 cm³/mol. The third kappa shape index (κ3) is 3.67. The zero-order chi connectivity index (χ0) is 20.4. The summed E-state index contributed by atoms with van der Waals surface area (Å²) in [5.74, 6) is -1.33. The molecule has 0 fully saturated rings. The summed E-state index contributed by atoms with van der Waals surface area (Å²) in [6, 6.07) is 5.30. The summed E-state index contributed by atoms with van der Waals surface area (Å²) in [5.41, 5.74) is 0.613. The van der Waals surface area contributed by atoms with E-state index in [0.717, 1.165) is 11.1 Å². The van der Waals surface area contributed by atoms with E-state index in [-0.39, 0.29) is 53.7 Å². The van der Waals surface area contributed by atoms with Crippen LogP contribution in [0.3, 0.4) is 0 Å². The number of nitrogens with zero attached hydrogens (tertiary/aromatic N) is 2. The summed E-state index contributed by atoms with van der Waals surface area (Å²) in [4.78, 5) is 41.8. The summed E-state index contributed by atoms with van der Waals surface area (Å²) in [7, 11) is 1.47. The third-order valence-corrected chi connectivity index (χ3v) is 4.51. The summed E-state index contributed by atoms with van der Waals surface area (Å²) >= 11 is 0. The molecule has 2 heterocycles. The van der Waals surface area contributed by atoms with Gasteiger partial charge in [0.25, 0.3) is 11.5 Å². The largest absolute Gasteiger partial charge is 0.394 e. The van der Waals surface area contributed by atoms with Crippen LogP contribution >= 0.6 is 0 Å². The smallest absolute Gasteiger partial charge is 0.281 e. The minimum absolute atomic E-state index is 0.0228. The molecule has 1 aromatic carbocycles. The average molecular weight is 389 g/mol. The molecule has 1 aromatic heterocycles. The van der Waals surface area contributed by atoms with Crippen molar-refractivity contribution < 1.29 is 23.9 Å². The normalized spacial score (nSPS) is 13.4. The molecule has 2 aromatic rings. The van der Waals surface area contributed by atoms with Crippen LogP contribution < -0.4 is 10.9 Å². The Morgan fingerprint density at radius 2 is 2.07 bits per heavy atom. The lowest BCUT2D eigenvalue weighted by Crippen LogP contribution is -2.40. The lowest BCUT2D eigenvalue weighted by molar-refractivity contribution is -0.132. The second kappa shape index (κ2) is 7.91. The van der Waals surface area contributed by atoms with Gasteiger partial charge in [-0.2, -0.15) is 0 Å². The molecule has 28 heavy (non-hydrogen) atoms. The molecular weight excluding hydrogens is 369 g/mol. The van der Waals surface area contributed by atoms with E-state index in [2.05, 4.69) is 5.32 Å². The van der Waals surface area contributed by atoms with Crippen LogP contribution in [0.2, 0.25) is 0 Å². The van der Waals surface area contributed by atoms with Gasteiger partial charge in [0.05, 0.1) is 31.0 Å². The van der Waals surface area contributed by atoms with Gasteiger partial charge in [-0.3, -0.25) is 23.8 Å². The number of ketones is 1. The van der Waals surface area contributed by atoms with Gasteiger partial charge in [0.15, 0.2) is 5.78 Å². The Morgan fingerprint density at radius 1 is 1.32 bits per heavy atom. The first-order valence-electron chi connectivity index (χ1n) is 8.69. The maximum Gasteiger partial charge on any atom is 0.281 e. The number of aromatic nitrogens is 1. The molecule has 0 radical (unpaired) electrons. The SMILES string of the molecule is CC(=O)c1ccc(Nc2c3c(cc(=O)n2C)CCN(OCCO)C3=O)c(F)c1. The number of anilines is 2. The van der Waals surface area contributed by atoms with Crippen molar-refractivity contribution in [3.63, 3.8) is 0 Å². The number of carbonyl (C=O) groups is 2. The molecule has 1 amide bonds. The Hall–Kier alpha value is -3.04. The number of hydrogen-bond donors (Lipinski definition) is 2. The van der Waals surface area contributed by atoms with Crippen molar-refractivity contribution in [2.75, 3.05) is 25.1 Å². The van der Waals surface area contributed by atoms with Crippen molar-refractivity contribution in [2.45, 2.75) is 13.3 Å². The Kier molecular flexibility index (Phi) is 5.57. The molecule has 1 aliphatic heterocycles. The zero-order valence-electron chi connectivity index (χ0n) is 15.5. The highest BCUT2D eigenvalue weighted by atomic mass is 19.1. The zero-order valence-corrected chi connectivity index (χ0v) is 15.5. The molecule has 0 unspecified atom stereocenters. The van der Waals surface area contributed by atoms with E-state index < -0.39 is 11.7 Å². The molecule has 9 heteroatoms. The number of halogens is 1. The molecule has 3 rings (SSSR count). The highest BCUT2D eigenvalue weighted by molar-refractivity contribution is 6.01. The number of aliphatic hydroxyl groups excluding tert-OH is 1. The molecular formula is C19H20FN3O5. The van der Waals surface area contributed by atoms with E-state index in [9.17, 15) is 18.8 Å². The Labute approximate surface area is 160 Å². The van der Waals surface area contributed by atoms with Crippen LogP contribution in [-0.4, -0.2) is 46.2 Å². The molecule has 0 spiro atoms. The minimum atomic E-state index is -0.686. The molecule has 0 saturated heterocycles. The summed E-state index contributed by atoms with van der Waals surface area (Å²) in [6.45, 7) is 1.28. The van der Waals surface area contributed by atoms with Gasteiger partial charge in [0, 0.05) is 18.7 Å². The molecule has 0 atom stereocenters. The summed E-state index contributed by atoms with van der Waals surface area (Å²) in [5, 5.41) is 12.8. The number of rotatable bonds is 6. The summed E-state index contributed by atoms with van der Waals surface area (Å²) < 4.78 is 15.7. The maximum absolute atomic E-state index is 14.5. The van der Waals surface area contributed by atoms with Gasteiger partial charge < -0.3 is 10.4 Å².